The maximum absolute atomic E-state index is 11.1. The standard InChI is InChI=1S/C16H16N4O/c1-11-8-12(16(17)21)5-6-14(11)18-9-13-10-20-7-3-2-4-15(20)19-13/h2-8,10,18H,9H2,1H3,(H2,17,21). The van der Waals surface area contributed by atoms with E-state index in [2.05, 4.69) is 10.3 Å². The van der Waals surface area contributed by atoms with Crippen molar-refractivity contribution in [1.82, 2.24) is 9.38 Å². The summed E-state index contributed by atoms with van der Waals surface area (Å²) in [6, 6.07) is 11.3. The average molecular weight is 280 g/mol. The maximum atomic E-state index is 11.1. The molecule has 0 spiro atoms. The number of aromatic nitrogens is 2. The second kappa shape index (κ2) is 5.28. The van der Waals surface area contributed by atoms with Crippen LogP contribution in [0.2, 0.25) is 0 Å². The highest BCUT2D eigenvalue weighted by Crippen LogP contribution is 2.17. The molecule has 5 nitrogen and oxygen atoms in total. The van der Waals surface area contributed by atoms with Crippen LogP contribution in [0.5, 0.6) is 0 Å². The molecule has 0 aliphatic carbocycles. The Hall–Kier alpha value is -2.82. The van der Waals surface area contributed by atoms with Gasteiger partial charge in [0.1, 0.15) is 5.65 Å². The third-order valence-electron chi connectivity index (χ3n) is 3.38. The lowest BCUT2D eigenvalue weighted by Gasteiger charge is -2.09. The molecule has 21 heavy (non-hydrogen) atoms. The summed E-state index contributed by atoms with van der Waals surface area (Å²) in [6.07, 6.45) is 3.97. The molecule has 2 heterocycles. The monoisotopic (exact) mass is 280 g/mol. The normalized spacial score (nSPS) is 10.7. The number of pyridine rings is 1. The van der Waals surface area contributed by atoms with Crippen molar-refractivity contribution in [3.8, 4) is 0 Å². The number of rotatable bonds is 4. The zero-order valence-corrected chi connectivity index (χ0v) is 11.7. The summed E-state index contributed by atoms with van der Waals surface area (Å²) >= 11 is 0. The number of carbonyl (C=O) groups excluding carboxylic acids is 1. The van der Waals surface area contributed by atoms with Crippen molar-refractivity contribution in [2.24, 2.45) is 5.73 Å². The van der Waals surface area contributed by atoms with E-state index in [-0.39, 0.29) is 0 Å². The number of anilines is 1. The molecule has 3 N–H and O–H groups in total. The van der Waals surface area contributed by atoms with E-state index in [1.807, 2.05) is 48.0 Å². The quantitative estimate of drug-likeness (QED) is 0.770. The molecule has 106 valence electrons. The molecule has 0 unspecified atom stereocenters. The smallest absolute Gasteiger partial charge is 0.248 e. The molecular weight excluding hydrogens is 264 g/mol. The molecule has 0 atom stereocenters. The fourth-order valence-electron chi connectivity index (χ4n) is 2.27. The molecule has 0 bridgehead atoms. The largest absolute Gasteiger partial charge is 0.379 e. The van der Waals surface area contributed by atoms with Crippen molar-refractivity contribution in [3.63, 3.8) is 0 Å². The van der Waals surface area contributed by atoms with Crippen LogP contribution in [-0.2, 0) is 6.54 Å². The first-order valence-electron chi connectivity index (χ1n) is 6.70. The number of imidazole rings is 1. The van der Waals surface area contributed by atoms with Gasteiger partial charge in [0.25, 0.3) is 0 Å². The average Bonchev–Trinajstić information content (AvgIpc) is 2.88. The Morgan fingerprint density at radius 2 is 2.19 bits per heavy atom. The van der Waals surface area contributed by atoms with Crippen molar-refractivity contribution < 1.29 is 4.79 Å². The highest BCUT2D eigenvalue weighted by molar-refractivity contribution is 5.93. The van der Waals surface area contributed by atoms with Gasteiger partial charge in [-0.05, 0) is 42.8 Å². The molecular formula is C16H16N4O. The summed E-state index contributed by atoms with van der Waals surface area (Å²) in [7, 11) is 0. The van der Waals surface area contributed by atoms with E-state index in [0.717, 1.165) is 22.6 Å². The third-order valence-corrected chi connectivity index (χ3v) is 3.38. The van der Waals surface area contributed by atoms with E-state index in [0.29, 0.717) is 12.1 Å². The molecule has 0 radical (unpaired) electrons. The van der Waals surface area contributed by atoms with Crippen molar-refractivity contribution in [2.45, 2.75) is 13.5 Å². The van der Waals surface area contributed by atoms with E-state index in [9.17, 15) is 4.79 Å². The molecule has 1 amide bonds. The van der Waals surface area contributed by atoms with Gasteiger partial charge in [0.15, 0.2) is 0 Å². The Morgan fingerprint density at radius 3 is 2.90 bits per heavy atom. The fraction of sp³-hybridized carbons (Fsp3) is 0.125. The van der Waals surface area contributed by atoms with Crippen LogP contribution in [0.3, 0.4) is 0 Å². The minimum atomic E-state index is -0.412. The number of amides is 1. The third kappa shape index (κ3) is 2.72. The number of nitrogens with two attached hydrogens (primary N) is 1. The molecule has 0 saturated heterocycles. The van der Waals surface area contributed by atoms with Gasteiger partial charge in [-0.1, -0.05) is 6.07 Å². The summed E-state index contributed by atoms with van der Waals surface area (Å²) in [6.45, 7) is 2.57. The summed E-state index contributed by atoms with van der Waals surface area (Å²) in [4.78, 5) is 15.7. The SMILES string of the molecule is Cc1cc(C(N)=O)ccc1NCc1cn2ccccc2n1. The van der Waals surface area contributed by atoms with Gasteiger partial charge in [-0.3, -0.25) is 4.79 Å². The second-order valence-electron chi connectivity index (χ2n) is 4.95. The van der Waals surface area contributed by atoms with Gasteiger partial charge in [0, 0.05) is 23.6 Å². The van der Waals surface area contributed by atoms with E-state index < -0.39 is 5.91 Å². The van der Waals surface area contributed by atoms with Crippen LogP contribution in [0.15, 0.2) is 48.8 Å². The topological polar surface area (TPSA) is 72.4 Å². The van der Waals surface area contributed by atoms with Gasteiger partial charge in [-0.25, -0.2) is 4.98 Å². The van der Waals surface area contributed by atoms with Crippen molar-refractivity contribution in [2.75, 3.05) is 5.32 Å². The molecule has 0 aliphatic heterocycles. The highest BCUT2D eigenvalue weighted by Gasteiger charge is 2.05. The lowest BCUT2D eigenvalue weighted by molar-refractivity contribution is 0.1000. The molecule has 0 saturated carbocycles. The first-order chi connectivity index (χ1) is 10.1. The number of aryl methyl sites for hydroxylation is 1. The van der Waals surface area contributed by atoms with Crippen LogP contribution in [0.1, 0.15) is 21.6 Å². The van der Waals surface area contributed by atoms with Crippen molar-refractivity contribution in [3.05, 3.63) is 65.6 Å². The second-order valence-corrected chi connectivity index (χ2v) is 4.95. The minimum Gasteiger partial charge on any atom is -0.379 e. The maximum Gasteiger partial charge on any atom is 0.248 e. The highest BCUT2D eigenvalue weighted by atomic mass is 16.1. The first kappa shape index (κ1) is 13.2. The van der Waals surface area contributed by atoms with Crippen LogP contribution in [0, 0.1) is 6.92 Å². The summed E-state index contributed by atoms with van der Waals surface area (Å²) in [5.41, 5.74) is 9.62. The van der Waals surface area contributed by atoms with Crippen molar-refractivity contribution >= 4 is 17.2 Å². The van der Waals surface area contributed by atoms with Gasteiger partial charge in [0.2, 0.25) is 5.91 Å². The summed E-state index contributed by atoms with van der Waals surface area (Å²) in [5.74, 6) is -0.412. The molecule has 2 aromatic heterocycles. The molecule has 5 heteroatoms. The fourth-order valence-corrected chi connectivity index (χ4v) is 2.27. The number of benzene rings is 1. The molecule has 3 aromatic rings. The van der Waals surface area contributed by atoms with Crippen molar-refractivity contribution in [1.29, 1.82) is 0 Å². The van der Waals surface area contributed by atoms with Gasteiger partial charge in [0.05, 0.1) is 12.2 Å². The number of carbonyl (C=O) groups is 1. The lowest BCUT2D eigenvalue weighted by Crippen LogP contribution is -2.11. The van der Waals surface area contributed by atoms with Crippen LogP contribution >= 0.6 is 0 Å². The number of nitrogens with one attached hydrogen (secondary N) is 1. The molecule has 1 aromatic carbocycles. The predicted octanol–water partition coefficient (Wildman–Crippen LogP) is 2.35. The Balaban J connectivity index is 1.76. The van der Waals surface area contributed by atoms with Crippen LogP contribution in [0.25, 0.3) is 5.65 Å². The number of fused-ring (bicyclic) bond motifs is 1. The van der Waals surface area contributed by atoms with Crippen LogP contribution < -0.4 is 11.1 Å². The Kier molecular flexibility index (Phi) is 3.31. The Morgan fingerprint density at radius 1 is 1.33 bits per heavy atom. The zero-order valence-electron chi connectivity index (χ0n) is 11.7. The number of hydrogen-bond donors (Lipinski definition) is 2. The van der Waals surface area contributed by atoms with E-state index in [1.54, 1.807) is 12.1 Å². The summed E-state index contributed by atoms with van der Waals surface area (Å²) in [5, 5.41) is 3.33. The molecule has 3 rings (SSSR count). The Bertz CT molecular complexity index is 774. The molecule has 0 fully saturated rings. The van der Waals surface area contributed by atoms with Gasteiger partial charge >= 0.3 is 0 Å². The lowest BCUT2D eigenvalue weighted by atomic mass is 10.1. The number of hydrogen-bond acceptors (Lipinski definition) is 3. The van der Waals surface area contributed by atoms with Crippen LogP contribution in [0.4, 0.5) is 5.69 Å². The zero-order chi connectivity index (χ0) is 14.8. The predicted molar refractivity (Wildman–Crippen MR) is 82.2 cm³/mol. The Labute approximate surface area is 122 Å². The molecule has 0 aliphatic rings. The number of primary amides is 1. The van der Waals surface area contributed by atoms with Gasteiger partial charge in [-0.15, -0.1) is 0 Å². The van der Waals surface area contributed by atoms with E-state index in [1.165, 1.54) is 0 Å². The number of nitrogens with zero attached hydrogens (tertiary/aromatic N) is 2. The van der Waals surface area contributed by atoms with E-state index in [4.69, 9.17) is 5.73 Å². The van der Waals surface area contributed by atoms with E-state index >= 15 is 0 Å². The van der Waals surface area contributed by atoms with Gasteiger partial charge < -0.3 is 15.5 Å². The van der Waals surface area contributed by atoms with Gasteiger partial charge in [-0.2, -0.15) is 0 Å². The first-order valence-corrected chi connectivity index (χ1v) is 6.70. The summed E-state index contributed by atoms with van der Waals surface area (Å²) < 4.78 is 1.99. The minimum absolute atomic E-state index is 0.412. The van der Waals surface area contributed by atoms with Crippen LogP contribution in [-0.4, -0.2) is 15.3 Å².